The summed E-state index contributed by atoms with van der Waals surface area (Å²) >= 11 is 11.9. The van der Waals surface area contributed by atoms with Crippen LogP contribution >= 0.6 is 23.2 Å². The van der Waals surface area contributed by atoms with Crippen LogP contribution in [0.25, 0.3) is 6.08 Å². The SMILES string of the molecule is O=C(O)CCCCCNC(=O)/C=C/c1cccc(Cl)c1Cl. The Kier molecular flexibility index (Phi) is 7.87. The average molecular weight is 330 g/mol. The first-order valence-corrected chi connectivity index (χ1v) is 7.38. The Labute approximate surface area is 133 Å². The van der Waals surface area contributed by atoms with Crippen molar-refractivity contribution < 1.29 is 14.7 Å². The Balaban J connectivity index is 2.29. The van der Waals surface area contributed by atoms with Gasteiger partial charge in [0.2, 0.25) is 5.91 Å². The smallest absolute Gasteiger partial charge is 0.303 e. The maximum atomic E-state index is 11.6. The molecule has 1 aromatic carbocycles. The third kappa shape index (κ3) is 7.16. The number of carboxylic acids is 1. The Morgan fingerprint density at radius 2 is 1.95 bits per heavy atom. The highest BCUT2D eigenvalue weighted by Crippen LogP contribution is 2.26. The van der Waals surface area contributed by atoms with Gasteiger partial charge < -0.3 is 10.4 Å². The third-order valence-corrected chi connectivity index (χ3v) is 3.60. The van der Waals surface area contributed by atoms with Gasteiger partial charge in [-0.3, -0.25) is 9.59 Å². The summed E-state index contributed by atoms with van der Waals surface area (Å²) in [5.41, 5.74) is 0.681. The Morgan fingerprint density at radius 1 is 1.19 bits per heavy atom. The van der Waals surface area contributed by atoms with E-state index in [1.807, 2.05) is 0 Å². The highest BCUT2D eigenvalue weighted by molar-refractivity contribution is 6.42. The number of aliphatic carboxylic acids is 1. The number of nitrogens with one attached hydrogen (secondary N) is 1. The lowest BCUT2D eigenvalue weighted by Crippen LogP contribution is -2.22. The van der Waals surface area contributed by atoms with Crippen molar-refractivity contribution in [2.24, 2.45) is 0 Å². The van der Waals surface area contributed by atoms with Gasteiger partial charge in [-0.1, -0.05) is 41.8 Å². The summed E-state index contributed by atoms with van der Waals surface area (Å²) in [5, 5.41) is 12.1. The number of rotatable bonds is 8. The lowest BCUT2D eigenvalue weighted by molar-refractivity contribution is -0.137. The second-order valence-corrected chi connectivity index (χ2v) is 5.26. The number of carboxylic acid groups (broad SMARTS) is 1. The summed E-state index contributed by atoms with van der Waals surface area (Å²) in [7, 11) is 0. The second-order valence-electron chi connectivity index (χ2n) is 4.47. The van der Waals surface area contributed by atoms with Gasteiger partial charge in [-0.2, -0.15) is 0 Å². The highest BCUT2D eigenvalue weighted by Gasteiger charge is 2.02. The maximum Gasteiger partial charge on any atom is 0.303 e. The van der Waals surface area contributed by atoms with E-state index >= 15 is 0 Å². The van der Waals surface area contributed by atoms with Crippen molar-refractivity contribution in [3.8, 4) is 0 Å². The lowest BCUT2D eigenvalue weighted by Gasteiger charge is -2.02. The largest absolute Gasteiger partial charge is 0.481 e. The molecular formula is C15H17Cl2NO3. The van der Waals surface area contributed by atoms with Crippen LogP contribution < -0.4 is 5.32 Å². The van der Waals surface area contributed by atoms with Gasteiger partial charge in [0.1, 0.15) is 0 Å². The summed E-state index contributed by atoms with van der Waals surface area (Å²) in [6.45, 7) is 0.520. The van der Waals surface area contributed by atoms with Crippen LogP contribution in [-0.2, 0) is 9.59 Å². The van der Waals surface area contributed by atoms with E-state index in [2.05, 4.69) is 5.32 Å². The number of benzene rings is 1. The molecule has 0 bridgehead atoms. The van der Waals surface area contributed by atoms with Gasteiger partial charge in [0.05, 0.1) is 10.0 Å². The summed E-state index contributed by atoms with van der Waals surface area (Å²) in [6.07, 6.45) is 5.32. The normalized spacial score (nSPS) is 10.8. The molecule has 0 unspecified atom stereocenters. The van der Waals surface area contributed by atoms with Crippen molar-refractivity contribution in [2.75, 3.05) is 6.54 Å². The van der Waals surface area contributed by atoms with E-state index in [0.717, 1.165) is 12.8 Å². The molecule has 0 saturated heterocycles. The number of amides is 1. The molecule has 0 aliphatic carbocycles. The standard InChI is InChI=1S/C15H17Cl2NO3/c16-12-6-4-5-11(15(12)17)8-9-13(19)18-10-3-1-2-7-14(20)21/h4-6,8-9H,1-3,7,10H2,(H,18,19)(H,20,21)/b9-8+. The van der Waals surface area contributed by atoms with Gasteiger partial charge in [0.25, 0.3) is 0 Å². The van der Waals surface area contributed by atoms with Crippen molar-refractivity contribution in [3.05, 3.63) is 39.9 Å². The van der Waals surface area contributed by atoms with Gasteiger partial charge >= 0.3 is 5.97 Å². The van der Waals surface area contributed by atoms with E-state index in [4.69, 9.17) is 28.3 Å². The van der Waals surface area contributed by atoms with Crippen LogP contribution in [0.4, 0.5) is 0 Å². The Bertz CT molecular complexity index is 530. The minimum atomic E-state index is -0.791. The van der Waals surface area contributed by atoms with Crippen molar-refractivity contribution in [2.45, 2.75) is 25.7 Å². The molecule has 6 heteroatoms. The summed E-state index contributed by atoms with van der Waals surface area (Å²) in [6, 6.07) is 5.20. The van der Waals surface area contributed by atoms with Crippen LogP contribution in [0, 0.1) is 0 Å². The predicted octanol–water partition coefficient (Wildman–Crippen LogP) is 3.77. The zero-order valence-corrected chi connectivity index (χ0v) is 13.0. The van der Waals surface area contributed by atoms with Crippen LogP contribution in [0.5, 0.6) is 0 Å². The van der Waals surface area contributed by atoms with Crippen LogP contribution in [0.3, 0.4) is 0 Å². The first-order chi connectivity index (χ1) is 10.0. The number of hydrogen-bond donors (Lipinski definition) is 2. The quantitative estimate of drug-likeness (QED) is 0.563. The molecule has 0 saturated carbocycles. The molecule has 0 spiro atoms. The monoisotopic (exact) mass is 329 g/mol. The number of halogens is 2. The van der Waals surface area contributed by atoms with Gasteiger partial charge in [-0.25, -0.2) is 0 Å². The zero-order chi connectivity index (χ0) is 15.7. The fourth-order valence-electron chi connectivity index (χ4n) is 1.66. The Morgan fingerprint density at radius 3 is 2.67 bits per heavy atom. The number of unbranched alkanes of at least 4 members (excludes halogenated alkanes) is 2. The lowest BCUT2D eigenvalue weighted by atomic mass is 10.2. The minimum absolute atomic E-state index is 0.168. The molecule has 114 valence electrons. The van der Waals surface area contributed by atoms with E-state index in [-0.39, 0.29) is 12.3 Å². The Hall–Kier alpha value is -1.52. The number of carbonyl (C=O) groups excluding carboxylic acids is 1. The topological polar surface area (TPSA) is 66.4 Å². The molecule has 0 heterocycles. The molecule has 0 radical (unpaired) electrons. The molecule has 1 amide bonds. The van der Waals surface area contributed by atoms with Gasteiger partial charge in [0.15, 0.2) is 0 Å². The predicted molar refractivity (Wildman–Crippen MR) is 84.6 cm³/mol. The van der Waals surface area contributed by atoms with Gasteiger partial charge in [0, 0.05) is 19.0 Å². The van der Waals surface area contributed by atoms with Crippen molar-refractivity contribution >= 4 is 41.2 Å². The van der Waals surface area contributed by atoms with Crippen molar-refractivity contribution in [1.29, 1.82) is 0 Å². The van der Waals surface area contributed by atoms with Crippen LogP contribution in [0.2, 0.25) is 10.0 Å². The zero-order valence-electron chi connectivity index (χ0n) is 11.4. The molecule has 0 aliphatic rings. The van der Waals surface area contributed by atoms with Crippen LogP contribution in [0.1, 0.15) is 31.2 Å². The maximum absolute atomic E-state index is 11.6. The number of carbonyl (C=O) groups is 2. The fourth-order valence-corrected chi connectivity index (χ4v) is 2.03. The molecule has 1 aromatic rings. The van der Waals surface area contributed by atoms with Crippen LogP contribution in [-0.4, -0.2) is 23.5 Å². The summed E-state index contributed by atoms with van der Waals surface area (Å²) < 4.78 is 0. The summed E-state index contributed by atoms with van der Waals surface area (Å²) in [4.78, 5) is 21.9. The molecule has 2 N–H and O–H groups in total. The van der Waals surface area contributed by atoms with E-state index in [9.17, 15) is 9.59 Å². The molecule has 1 rings (SSSR count). The second kappa shape index (κ2) is 9.42. The van der Waals surface area contributed by atoms with Gasteiger partial charge in [-0.05, 0) is 30.5 Å². The molecular weight excluding hydrogens is 313 g/mol. The summed E-state index contributed by atoms with van der Waals surface area (Å²) in [5.74, 6) is -1.01. The molecule has 4 nitrogen and oxygen atoms in total. The van der Waals surface area contributed by atoms with Crippen LogP contribution in [0.15, 0.2) is 24.3 Å². The molecule has 0 atom stereocenters. The fraction of sp³-hybridized carbons (Fsp3) is 0.333. The first-order valence-electron chi connectivity index (χ1n) is 6.62. The van der Waals surface area contributed by atoms with Crippen molar-refractivity contribution in [3.63, 3.8) is 0 Å². The molecule has 0 aliphatic heterocycles. The molecule has 0 aromatic heterocycles. The third-order valence-electron chi connectivity index (χ3n) is 2.76. The number of hydrogen-bond acceptors (Lipinski definition) is 2. The first kappa shape index (κ1) is 17.5. The van der Waals surface area contributed by atoms with E-state index in [0.29, 0.717) is 28.6 Å². The van der Waals surface area contributed by atoms with E-state index in [1.165, 1.54) is 6.08 Å². The highest BCUT2D eigenvalue weighted by atomic mass is 35.5. The molecule has 0 fully saturated rings. The van der Waals surface area contributed by atoms with Crippen molar-refractivity contribution in [1.82, 2.24) is 5.32 Å². The van der Waals surface area contributed by atoms with E-state index in [1.54, 1.807) is 24.3 Å². The van der Waals surface area contributed by atoms with Gasteiger partial charge in [-0.15, -0.1) is 0 Å². The average Bonchev–Trinajstić information content (AvgIpc) is 2.44. The van der Waals surface area contributed by atoms with E-state index < -0.39 is 5.97 Å². The molecule has 21 heavy (non-hydrogen) atoms. The minimum Gasteiger partial charge on any atom is -0.481 e.